The average molecular weight is 213 g/mol. The Bertz CT molecular complexity index is 459. The lowest BCUT2D eigenvalue weighted by Gasteiger charge is -2.08. The molecule has 0 spiro atoms. The predicted octanol–water partition coefficient (Wildman–Crippen LogP) is 2.03. The molecule has 80 valence electrons. The van der Waals surface area contributed by atoms with Crippen molar-refractivity contribution < 1.29 is 4.42 Å². The van der Waals surface area contributed by atoms with E-state index in [1.807, 2.05) is 12.1 Å². The quantitative estimate of drug-likeness (QED) is 0.844. The highest BCUT2D eigenvalue weighted by Gasteiger charge is 2.10. The largest absolute Gasteiger partial charge is 0.472 e. The number of hydrogen-bond acceptors (Lipinski definition) is 4. The Labute approximate surface area is 93.5 Å². The summed E-state index contributed by atoms with van der Waals surface area (Å²) < 4.78 is 4.95. The first kappa shape index (κ1) is 10.4. The van der Waals surface area contributed by atoms with Crippen LogP contribution in [0, 0.1) is 11.3 Å². The topological polar surface area (TPSA) is 61.9 Å². The van der Waals surface area contributed by atoms with Gasteiger partial charge >= 0.3 is 0 Å². The summed E-state index contributed by atoms with van der Waals surface area (Å²) in [6.45, 7) is 0.608. The zero-order valence-corrected chi connectivity index (χ0v) is 8.63. The molecule has 0 saturated carbocycles. The first-order chi connectivity index (χ1) is 7.90. The highest BCUT2D eigenvalue weighted by atomic mass is 16.3. The number of rotatable bonds is 4. The second-order valence-corrected chi connectivity index (χ2v) is 3.36. The summed E-state index contributed by atoms with van der Waals surface area (Å²) in [6.07, 6.45) is 6.63. The number of nitriles is 1. The molecule has 2 rings (SSSR count). The van der Waals surface area contributed by atoms with Gasteiger partial charge in [-0.2, -0.15) is 5.26 Å². The first-order valence-corrected chi connectivity index (χ1v) is 4.94. The molecule has 2 aromatic rings. The van der Waals surface area contributed by atoms with Crippen LogP contribution in [-0.4, -0.2) is 4.98 Å². The molecular weight excluding hydrogens is 202 g/mol. The molecule has 2 heterocycles. The maximum Gasteiger partial charge on any atom is 0.124 e. The molecule has 1 N–H and O–H groups in total. The standard InChI is InChI=1S/C12H11N3O/c13-6-12(11-3-5-16-9-11)15-8-10-2-1-4-14-7-10/h1-5,7,9,12,15H,8H2. The van der Waals surface area contributed by atoms with Gasteiger partial charge in [-0.1, -0.05) is 6.07 Å². The summed E-state index contributed by atoms with van der Waals surface area (Å²) in [5.41, 5.74) is 1.89. The first-order valence-electron chi connectivity index (χ1n) is 4.94. The minimum atomic E-state index is -0.348. The zero-order valence-electron chi connectivity index (χ0n) is 8.63. The van der Waals surface area contributed by atoms with E-state index in [1.165, 1.54) is 0 Å². The van der Waals surface area contributed by atoms with E-state index in [0.29, 0.717) is 6.54 Å². The lowest BCUT2D eigenvalue weighted by atomic mass is 10.1. The Hall–Kier alpha value is -2.12. The Kier molecular flexibility index (Phi) is 3.31. The van der Waals surface area contributed by atoms with Crippen molar-refractivity contribution in [3.8, 4) is 6.07 Å². The molecular formula is C12H11N3O. The number of aromatic nitrogens is 1. The lowest BCUT2D eigenvalue weighted by Crippen LogP contribution is -2.18. The van der Waals surface area contributed by atoms with E-state index < -0.39 is 0 Å². The van der Waals surface area contributed by atoms with Gasteiger partial charge < -0.3 is 4.42 Å². The molecule has 0 aromatic carbocycles. The third-order valence-electron chi connectivity index (χ3n) is 2.24. The monoisotopic (exact) mass is 213 g/mol. The molecule has 0 radical (unpaired) electrons. The van der Waals surface area contributed by atoms with Crippen LogP contribution in [0.4, 0.5) is 0 Å². The van der Waals surface area contributed by atoms with Gasteiger partial charge in [0.1, 0.15) is 6.04 Å². The van der Waals surface area contributed by atoms with Gasteiger partial charge in [0.2, 0.25) is 0 Å². The molecule has 0 aliphatic carbocycles. The highest BCUT2D eigenvalue weighted by molar-refractivity contribution is 5.19. The Morgan fingerprint density at radius 2 is 2.44 bits per heavy atom. The van der Waals surface area contributed by atoms with Crippen LogP contribution in [0.15, 0.2) is 47.5 Å². The van der Waals surface area contributed by atoms with Gasteiger partial charge in [0.05, 0.1) is 18.6 Å². The minimum Gasteiger partial charge on any atom is -0.472 e. The summed E-state index contributed by atoms with van der Waals surface area (Å²) in [4.78, 5) is 4.01. The minimum absolute atomic E-state index is 0.348. The van der Waals surface area contributed by atoms with Gasteiger partial charge in [-0.3, -0.25) is 10.3 Å². The molecule has 0 fully saturated rings. The molecule has 1 atom stereocenters. The molecule has 4 nitrogen and oxygen atoms in total. The van der Waals surface area contributed by atoms with E-state index >= 15 is 0 Å². The Morgan fingerprint density at radius 3 is 3.06 bits per heavy atom. The number of furan rings is 1. The summed E-state index contributed by atoms with van der Waals surface area (Å²) in [7, 11) is 0. The lowest BCUT2D eigenvalue weighted by molar-refractivity contribution is 0.554. The van der Waals surface area contributed by atoms with E-state index in [9.17, 15) is 0 Å². The van der Waals surface area contributed by atoms with Gasteiger partial charge in [0.25, 0.3) is 0 Å². The smallest absolute Gasteiger partial charge is 0.124 e. The van der Waals surface area contributed by atoms with Crippen LogP contribution in [0.3, 0.4) is 0 Å². The molecule has 0 aliphatic rings. The number of nitrogens with one attached hydrogen (secondary N) is 1. The average Bonchev–Trinajstić information content (AvgIpc) is 2.85. The van der Waals surface area contributed by atoms with Crippen LogP contribution in [-0.2, 0) is 6.54 Å². The van der Waals surface area contributed by atoms with Crippen LogP contribution >= 0.6 is 0 Å². The Balaban J connectivity index is 1.97. The van der Waals surface area contributed by atoms with Gasteiger partial charge in [-0.25, -0.2) is 0 Å². The van der Waals surface area contributed by atoms with Crippen molar-refractivity contribution in [3.63, 3.8) is 0 Å². The number of hydrogen-bond donors (Lipinski definition) is 1. The van der Waals surface area contributed by atoms with Gasteiger partial charge in [-0.15, -0.1) is 0 Å². The zero-order chi connectivity index (χ0) is 11.2. The van der Waals surface area contributed by atoms with Gasteiger partial charge in [0.15, 0.2) is 0 Å². The summed E-state index contributed by atoms with van der Waals surface area (Å²) in [5, 5.41) is 12.1. The molecule has 1 unspecified atom stereocenters. The molecule has 0 bridgehead atoms. The van der Waals surface area contributed by atoms with Crippen molar-refractivity contribution in [2.24, 2.45) is 0 Å². The molecule has 16 heavy (non-hydrogen) atoms. The van der Waals surface area contributed by atoms with Crippen LogP contribution in [0.5, 0.6) is 0 Å². The van der Waals surface area contributed by atoms with Crippen molar-refractivity contribution in [2.45, 2.75) is 12.6 Å². The summed E-state index contributed by atoms with van der Waals surface area (Å²) in [5.74, 6) is 0. The molecule has 2 aromatic heterocycles. The molecule has 0 amide bonds. The Morgan fingerprint density at radius 1 is 1.50 bits per heavy atom. The third-order valence-corrected chi connectivity index (χ3v) is 2.24. The van der Waals surface area contributed by atoms with Crippen molar-refractivity contribution in [1.82, 2.24) is 10.3 Å². The van der Waals surface area contributed by atoms with E-state index in [4.69, 9.17) is 9.68 Å². The highest BCUT2D eigenvalue weighted by Crippen LogP contribution is 2.12. The molecule has 0 saturated heterocycles. The fourth-order valence-electron chi connectivity index (χ4n) is 1.40. The van der Waals surface area contributed by atoms with Crippen LogP contribution in [0.2, 0.25) is 0 Å². The fourth-order valence-corrected chi connectivity index (χ4v) is 1.40. The fraction of sp³-hybridized carbons (Fsp3) is 0.167. The van der Waals surface area contributed by atoms with Crippen LogP contribution in [0.25, 0.3) is 0 Å². The van der Waals surface area contributed by atoms with Crippen LogP contribution < -0.4 is 5.32 Å². The van der Waals surface area contributed by atoms with Crippen molar-refractivity contribution >= 4 is 0 Å². The van der Waals surface area contributed by atoms with E-state index in [1.54, 1.807) is 31.0 Å². The van der Waals surface area contributed by atoms with Crippen molar-refractivity contribution in [2.75, 3.05) is 0 Å². The number of nitrogens with zero attached hydrogens (tertiary/aromatic N) is 2. The third kappa shape index (κ3) is 2.47. The molecule has 4 heteroatoms. The van der Waals surface area contributed by atoms with Gasteiger partial charge in [-0.05, 0) is 17.7 Å². The summed E-state index contributed by atoms with van der Waals surface area (Å²) >= 11 is 0. The van der Waals surface area contributed by atoms with Gasteiger partial charge in [0, 0.05) is 24.5 Å². The normalized spacial score (nSPS) is 11.9. The van der Waals surface area contributed by atoms with Crippen LogP contribution in [0.1, 0.15) is 17.2 Å². The van der Waals surface area contributed by atoms with Crippen molar-refractivity contribution in [3.05, 3.63) is 54.2 Å². The van der Waals surface area contributed by atoms with E-state index in [0.717, 1.165) is 11.1 Å². The maximum absolute atomic E-state index is 9.01. The SMILES string of the molecule is N#CC(NCc1cccnc1)c1ccoc1. The van der Waals surface area contributed by atoms with E-state index in [2.05, 4.69) is 16.4 Å². The second-order valence-electron chi connectivity index (χ2n) is 3.36. The summed E-state index contributed by atoms with van der Waals surface area (Å²) in [6, 6.07) is 7.45. The van der Waals surface area contributed by atoms with Crippen molar-refractivity contribution in [1.29, 1.82) is 5.26 Å². The second kappa shape index (κ2) is 5.10. The number of pyridine rings is 1. The molecule has 0 aliphatic heterocycles. The predicted molar refractivity (Wildman–Crippen MR) is 58.1 cm³/mol. The van der Waals surface area contributed by atoms with E-state index in [-0.39, 0.29) is 6.04 Å². The maximum atomic E-state index is 9.01.